The highest BCUT2D eigenvalue weighted by Gasteiger charge is 2.23. The predicted octanol–water partition coefficient (Wildman–Crippen LogP) is 0.645. The number of sulfonamides is 1. The van der Waals surface area contributed by atoms with E-state index in [1.165, 1.54) is 57.5 Å². The largest absolute Gasteiger partial charge is 0.493 e. The first-order valence-corrected chi connectivity index (χ1v) is 10.2. The molecule has 0 fully saturated rings. The van der Waals surface area contributed by atoms with Crippen LogP contribution in [0.2, 0.25) is 0 Å². The van der Waals surface area contributed by atoms with Gasteiger partial charge >= 0.3 is 0 Å². The van der Waals surface area contributed by atoms with E-state index in [0.717, 1.165) is 0 Å². The Hall–Kier alpha value is -3.80. The number of methoxy groups -OCH3 is 2. The zero-order chi connectivity index (χ0) is 23.2. The Morgan fingerprint density at radius 1 is 1.00 bits per heavy atom. The lowest BCUT2D eigenvalue weighted by Crippen LogP contribution is -2.30. The Labute approximate surface area is 178 Å². The molecule has 0 saturated carbocycles. The van der Waals surface area contributed by atoms with Gasteiger partial charge < -0.3 is 25.3 Å². The first-order valence-electron chi connectivity index (χ1n) is 8.69. The molecule has 12 heteroatoms. The zero-order valence-electron chi connectivity index (χ0n) is 16.9. The molecule has 11 nitrogen and oxygen atoms in total. The Bertz CT molecular complexity index is 1070. The summed E-state index contributed by atoms with van der Waals surface area (Å²) in [5.41, 5.74) is 5.37. The second-order valence-corrected chi connectivity index (χ2v) is 7.79. The van der Waals surface area contributed by atoms with Crippen LogP contribution < -0.4 is 30.0 Å². The molecule has 2 aromatic rings. The van der Waals surface area contributed by atoms with Crippen LogP contribution in [0, 0.1) is 0 Å². The van der Waals surface area contributed by atoms with Crippen molar-refractivity contribution in [2.45, 2.75) is 11.8 Å². The van der Waals surface area contributed by atoms with Crippen LogP contribution in [0.5, 0.6) is 17.2 Å². The first-order chi connectivity index (χ1) is 14.6. The fraction of sp³-hybridized carbons (Fsp3) is 0.211. The van der Waals surface area contributed by atoms with Crippen LogP contribution >= 0.6 is 0 Å². The van der Waals surface area contributed by atoms with Crippen molar-refractivity contribution in [2.75, 3.05) is 26.1 Å². The molecule has 4 N–H and O–H groups in total. The third-order valence-corrected chi connectivity index (χ3v) is 5.14. The molecule has 0 aliphatic rings. The predicted molar refractivity (Wildman–Crippen MR) is 110 cm³/mol. The van der Waals surface area contributed by atoms with Crippen molar-refractivity contribution in [3.63, 3.8) is 0 Å². The van der Waals surface area contributed by atoms with E-state index in [2.05, 4.69) is 5.32 Å². The van der Waals surface area contributed by atoms with Crippen LogP contribution in [0.1, 0.15) is 17.3 Å². The number of primary amides is 1. The Morgan fingerprint density at radius 2 is 1.55 bits per heavy atom. The van der Waals surface area contributed by atoms with Crippen LogP contribution in [0.3, 0.4) is 0 Å². The van der Waals surface area contributed by atoms with Gasteiger partial charge in [-0.1, -0.05) is 0 Å². The molecule has 31 heavy (non-hydrogen) atoms. The van der Waals surface area contributed by atoms with Crippen molar-refractivity contribution in [3.05, 3.63) is 42.0 Å². The van der Waals surface area contributed by atoms with Crippen LogP contribution in [-0.2, 0) is 19.6 Å². The summed E-state index contributed by atoms with van der Waals surface area (Å²) in [4.78, 5) is 34.4. The summed E-state index contributed by atoms with van der Waals surface area (Å²) in [5, 5.41) is 2.51. The molecule has 2 rings (SSSR count). The van der Waals surface area contributed by atoms with Crippen molar-refractivity contribution in [2.24, 2.45) is 5.73 Å². The first kappa shape index (κ1) is 23.5. The standard InChI is InChI=1S/C19H21N3O8S/c1-11(23)21-13-4-6-14(7-5-13)31(26,27)22-19(25)12-8-15(28-2)18(16(9-12)29-3)30-10-17(20)24/h4-9H,10H2,1-3H3,(H2,20,24)(H,21,23)(H,22,25). The highest BCUT2D eigenvalue weighted by atomic mass is 32.2. The molecule has 0 unspecified atom stereocenters. The molecular formula is C19H21N3O8S. The number of hydrogen-bond acceptors (Lipinski definition) is 8. The number of rotatable bonds is 9. The highest BCUT2D eigenvalue weighted by molar-refractivity contribution is 7.90. The van der Waals surface area contributed by atoms with E-state index >= 15 is 0 Å². The molecule has 0 saturated heterocycles. The minimum Gasteiger partial charge on any atom is -0.493 e. The molecule has 2 aromatic carbocycles. The molecule has 3 amide bonds. The summed E-state index contributed by atoms with van der Waals surface area (Å²) in [6.07, 6.45) is 0. The van der Waals surface area contributed by atoms with Gasteiger partial charge in [0.2, 0.25) is 11.7 Å². The maximum atomic E-state index is 12.6. The number of carbonyl (C=O) groups is 3. The minimum atomic E-state index is -4.21. The fourth-order valence-corrected chi connectivity index (χ4v) is 3.43. The van der Waals surface area contributed by atoms with Crippen molar-refractivity contribution in [1.82, 2.24) is 4.72 Å². The van der Waals surface area contributed by atoms with Gasteiger partial charge in [0.05, 0.1) is 19.1 Å². The maximum absolute atomic E-state index is 12.6. The second kappa shape index (κ2) is 9.80. The minimum absolute atomic E-state index is 0.0248. The number of nitrogens with two attached hydrogens (primary N) is 1. The van der Waals surface area contributed by atoms with E-state index in [4.69, 9.17) is 19.9 Å². The molecule has 0 bridgehead atoms. The molecular weight excluding hydrogens is 430 g/mol. The average Bonchev–Trinajstić information content (AvgIpc) is 2.71. The lowest BCUT2D eigenvalue weighted by molar-refractivity contribution is -0.120. The van der Waals surface area contributed by atoms with Gasteiger partial charge in [0, 0.05) is 18.2 Å². The molecule has 0 atom stereocenters. The van der Waals surface area contributed by atoms with Crippen molar-refractivity contribution >= 4 is 33.4 Å². The Kier molecular flexibility index (Phi) is 7.42. The van der Waals surface area contributed by atoms with Crippen molar-refractivity contribution < 1.29 is 37.0 Å². The molecule has 0 spiro atoms. The maximum Gasteiger partial charge on any atom is 0.265 e. The third kappa shape index (κ3) is 6.09. The molecule has 166 valence electrons. The topological polar surface area (TPSA) is 163 Å². The fourth-order valence-electron chi connectivity index (χ4n) is 2.46. The van der Waals surface area contributed by atoms with Gasteiger partial charge in [-0.3, -0.25) is 14.4 Å². The number of hydrogen-bond donors (Lipinski definition) is 3. The van der Waals surface area contributed by atoms with E-state index in [1.54, 1.807) is 0 Å². The summed E-state index contributed by atoms with van der Waals surface area (Å²) in [6, 6.07) is 7.70. The summed E-state index contributed by atoms with van der Waals surface area (Å²) < 4.78 is 42.6. The lowest BCUT2D eigenvalue weighted by Gasteiger charge is -2.15. The number of nitrogens with one attached hydrogen (secondary N) is 2. The molecule has 0 aromatic heterocycles. The average molecular weight is 451 g/mol. The Morgan fingerprint density at radius 3 is 2.00 bits per heavy atom. The lowest BCUT2D eigenvalue weighted by atomic mass is 10.1. The SMILES string of the molecule is COc1cc(C(=O)NS(=O)(=O)c2ccc(NC(C)=O)cc2)cc(OC)c1OCC(N)=O. The number of anilines is 1. The van der Waals surface area contributed by atoms with E-state index < -0.39 is 28.4 Å². The zero-order valence-corrected chi connectivity index (χ0v) is 17.7. The van der Waals surface area contributed by atoms with E-state index in [-0.39, 0.29) is 33.6 Å². The number of ether oxygens (including phenoxy) is 3. The van der Waals surface area contributed by atoms with Crippen molar-refractivity contribution in [1.29, 1.82) is 0 Å². The summed E-state index contributed by atoms with van der Waals surface area (Å²) in [5.74, 6) is -1.91. The molecule has 0 aliphatic heterocycles. The van der Waals surface area contributed by atoms with Gasteiger partial charge in [0.15, 0.2) is 18.1 Å². The normalized spacial score (nSPS) is 10.7. The van der Waals surface area contributed by atoms with Crippen LogP contribution in [-0.4, -0.2) is 47.0 Å². The molecule has 0 aliphatic carbocycles. The van der Waals surface area contributed by atoms with E-state index in [9.17, 15) is 22.8 Å². The van der Waals surface area contributed by atoms with Gasteiger partial charge in [-0.2, -0.15) is 0 Å². The van der Waals surface area contributed by atoms with Gasteiger partial charge in [-0.25, -0.2) is 13.1 Å². The van der Waals surface area contributed by atoms with Crippen LogP contribution in [0.25, 0.3) is 0 Å². The summed E-state index contributed by atoms with van der Waals surface area (Å²) in [7, 11) is -1.62. The third-order valence-electron chi connectivity index (χ3n) is 3.79. The summed E-state index contributed by atoms with van der Waals surface area (Å²) in [6.45, 7) is 0.860. The molecule has 0 heterocycles. The monoisotopic (exact) mass is 451 g/mol. The Balaban J connectivity index is 2.29. The van der Waals surface area contributed by atoms with Gasteiger partial charge in [0.1, 0.15) is 0 Å². The van der Waals surface area contributed by atoms with Crippen LogP contribution in [0.15, 0.2) is 41.3 Å². The van der Waals surface area contributed by atoms with Gasteiger partial charge in [-0.15, -0.1) is 0 Å². The number of benzene rings is 2. The molecule has 0 radical (unpaired) electrons. The van der Waals surface area contributed by atoms with E-state index in [1.807, 2.05) is 4.72 Å². The summed E-state index contributed by atoms with van der Waals surface area (Å²) >= 11 is 0. The second-order valence-electron chi connectivity index (χ2n) is 6.11. The van der Waals surface area contributed by atoms with Gasteiger partial charge in [0.25, 0.3) is 21.8 Å². The number of amides is 3. The quantitative estimate of drug-likeness (QED) is 0.500. The van der Waals surface area contributed by atoms with Crippen molar-refractivity contribution in [3.8, 4) is 17.2 Å². The smallest absolute Gasteiger partial charge is 0.265 e. The van der Waals surface area contributed by atoms with E-state index in [0.29, 0.717) is 5.69 Å². The highest BCUT2D eigenvalue weighted by Crippen LogP contribution is 2.38. The number of carbonyl (C=O) groups excluding carboxylic acids is 3. The van der Waals surface area contributed by atoms with Crippen LogP contribution in [0.4, 0.5) is 5.69 Å². The van der Waals surface area contributed by atoms with Gasteiger partial charge in [-0.05, 0) is 36.4 Å².